The normalized spacial score (nSPS) is 0. The van der Waals surface area contributed by atoms with E-state index >= 15 is 0 Å². The van der Waals surface area contributed by atoms with Crippen LogP contribution in [0.1, 0.15) is 0 Å². The molecule has 0 aliphatic heterocycles. The summed E-state index contributed by atoms with van der Waals surface area (Å²) in [6, 6.07) is 0. The Morgan fingerprint density at radius 3 is 0.125 bits per heavy atom. The summed E-state index contributed by atoms with van der Waals surface area (Å²) in [5.74, 6) is 0. The van der Waals surface area contributed by atoms with Gasteiger partial charge >= 0.3 is 0 Å². The van der Waals surface area contributed by atoms with Crippen LogP contribution in [-0.4, -0.2) is 65.7 Å². The van der Waals surface area contributed by atoms with Crippen molar-refractivity contribution in [2.75, 3.05) is 0 Å². The number of rotatable bonds is 0. The Balaban J connectivity index is 0. The van der Waals surface area contributed by atoms with Crippen molar-refractivity contribution in [2.24, 2.45) is 0 Å². The van der Waals surface area contributed by atoms with Gasteiger partial charge in [0.25, 0.3) is 0 Å². The molecule has 0 aliphatic rings. The molecule has 24 heteroatoms. The van der Waals surface area contributed by atoms with E-state index in [2.05, 4.69) is 0 Å². The van der Waals surface area contributed by atoms with Crippen molar-refractivity contribution in [3.63, 3.8) is 0 Å². The average molecular weight is 1600 g/mol. The van der Waals surface area contributed by atoms with Crippen LogP contribution in [0.3, 0.4) is 0 Å². The fourth-order valence-electron chi connectivity index (χ4n) is 0. The Kier molecular flexibility index (Phi) is 24900. The molecule has 0 atom stereocenters. The first-order valence-electron chi connectivity index (χ1n) is 0. The second kappa shape index (κ2) is 733. The molecule has 0 aromatic carbocycles. The fourth-order valence-corrected chi connectivity index (χ4v) is 0. The van der Waals surface area contributed by atoms with Crippen LogP contribution >= 0.6 is 0 Å². The van der Waals surface area contributed by atoms with Crippen LogP contribution in [0.25, 0.3) is 0 Å². The summed E-state index contributed by atoms with van der Waals surface area (Å²) < 4.78 is 0. The molecule has 0 fully saturated rings. The molecular weight excluding hydrogens is 1580 g/mol. The van der Waals surface area contributed by atoms with Crippen LogP contribution in [0.5, 0.6) is 0 Å². The molecule has 0 heterocycles. The third kappa shape index (κ3) is 657. The summed E-state index contributed by atoms with van der Waals surface area (Å²) in [5.41, 5.74) is 0. The summed E-state index contributed by atoms with van der Waals surface area (Å²) in [6.45, 7) is 0. The zero-order valence-electron chi connectivity index (χ0n) is 10.2. The van der Waals surface area contributed by atoms with Gasteiger partial charge in [0.2, 0.25) is 0 Å². The van der Waals surface area contributed by atoms with Crippen molar-refractivity contribution < 1.29 is 267 Å². The zero-order valence-corrected chi connectivity index (χ0v) is 28.3. The molecule has 204 valence electrons. The fraction of sp³-hybridized carbons (Fsp3) is 0. The van der Waals surface area contributed by atoms with Crippen molar-refractivity contribution in [3.05, 3.63) is 0 Å². The molecule has 0 aliphatic carbocycles. The minimum atomic E-state index is 0. The van der Waals surface area contributed by atoms with Crippen LogP contribution in [0, 0.1) is 0 Å². The molecule has 12 nitrogen and oxygen atoms in total. The van der Waals surface area contributed by atoms with Gasteiger partial charge in [0.15, 0.2) is 0 Å². The number of hydrogen-bond donors (Lipinski definition) is 0. The largest absolute Gasteiger partial charge is 1.00 e. The molecule has 24 heavy (non-hydrogen) atoms. The minimum absolute atomic E-state index is 0. The first-order valence-corrected chi connectivity index (χ1v) is 0. The first kappa shape index (κ1) is 815. The van der Waals surface area contributed by atoms with Gasteiger partial charge in [0.05, 0.1) is 0 Å². The SMILES string of the molecule is O.O.O.O.O.O.O.O.O.O.O.O.[Cl-].[Cl-].[Cl-].[Cl-].[Cl-].[Cl-].[Pt].[Pt].[Pt].[Pt].[Pt].[Pt]. The average Bonchev–Trinajstić information content (AvgIpc) is 0. The Labute approximate surface area is 262 Å². The maximum absolute atomic E-state index is 0. The summed E-state index contributed by atoms with van der Waals surface area (Å²) in [5, 5.41) is 0. The molecule has 0 spiro atoms. The molecule has 0 saturated carbocycles. The Hall–Kier alpha value is 5.39. The van der Waals surface area contributed by atoms with Crippen LogP contribution in [0.2, 0.25) is 0 Å². The van der Waals surface area contributed by atoms with E-state index in [0.29, 0.717) is 0 Å². The maximum Gasteiger partial charge on any atom is 0 e. The Morgan fingerprint density at radius 2 is 0.125 bits per heavy atom. The van der Waals surface area contributed by atoms with Gasteiger partial charge in [-0.3, -0.25) is 0 Å². The standard InChI is InChI=1S/6ClH.12H2O.6Pt/h6*1H;12*1H2;;;;;;/p-6. The van der Waals surface area contributed by atoms with Crippen LogP contribution in [0.4, 0.5) is 0 Å². The van der Waals surface area contributed by atoms with E-state index in [1.165, 1.54) is 0 Å². The van der Waals surface area contributed by atoms with E-state index in [0.717, 1.165) is 0 Å². The third-order valence-corrected chi connectivity index (χ3v) is 0. The second-order valence-electron chi connectivity index (χ2n) is 0. The van der Waals surface area contributed by atoms with Gasteiger partial charge in [0.1, 0.15) is 0 Å². The smallest absolute Gasteiger partial charge is 0 e. The number of halogens is 6. The molecule has 0 unspecified atom stereocenters. The van der Waals surface area contributed by atoms with E-state index in [1.807, 2.05) is 0 Å². The van der Waals surface area contributed by atoms with Crippen molar-refractivity contribution in [1.82, 2.24) is 0 Å². The third-order valence-electron chi connectivity index (χ3n) is 0. The van der Waals surface area contributed by atoms with Gasteiger partial charge in [-0.1, -0.05) is 0 Å². The Morgan fingerprint density at radius 1 is 0.125 bits per heavy atom. The van der Waals surface area contributed by atoms with Crippen LogP contribution < -0.4 is 74.4 Å². The summed E-state index contributed by atoms with van der Waals surface area (Å²) in [7, 11) is 0. The second-order valence-corrected chi connectivity index (χ2v) is 0. The van der Waals surface area contributed by atoms with Crippen molar-refractivity contribution in [2.45, 2.75) is 0 Å². The molecule has 0 aromatic rings. The van der Waals surface area contributed by atoms with E-state index in [1.54, 1.807) is 0 Å². The van der Waals surface area contributed by atoms with Gasteiger partial charge in [0, 0.05) is 126 Å². The van der Waals surface area contributed by atoms with Crippen molar-refractivity contribution in [1.29, 1.82) is 0 Å². The molecule has 0 rings (SSSR count). The quantitative estimate of drug-likeness (QED) is 0.218. The zero-order chi connectivity index (χ0) is 0. The molecular formula is H24Cl6O12Pt6-6. The minimum Gasteiger partial charge on any atom is -1.00 e. The van der Waals surface area contributed by atoms with Gasteiger partial charge in [-0.2, -0.15) is 0 Å². The summed E-state index contributed by atoms with van der Waals surface area (Å²) >= 11 is 0. The monoisotopic (exact) mass is 1600 g/mol. The molecule has 0 bridgehead atoms. The molecule has 0 saturated heterocycles. The van der Waals surface area contributed by atoms with Gasteiger partial charge in [-0.25, -0.2) is 0 Å². The van der Waals surface area contributed by atoms with Crippen LogP contribution in [0.15, 0.2) is 0 Å². The van der Waals surface area contributed by atoms with E-state index < -0.39 is 0 Å². The van der Waals surface area contributed by atoms with Gasteiger partial charge < -0.3 is 140 Å². The van der Waals surface area contributed by atoms with E-state index in [-0.39, 0.29) is 267 Å². The van der Waals surface area contributed by atoms with Crippen LogP contribution in [-0.2, 0) is 126 Å². The summed E-state index contributed by atoms with van der Waals surface area (Å²) in [6.07, 6.45) is 0. The topological polar surface area (TPSA) is 378 Å². The molecule has 0 radical (unpaired) electrons. The van der Waals surface area contributed by atoms with E-state index in [4.69, 9.17) is 0 Å². The predicted octanol–water partition coefficient (Wildman–Crippen LogP) is -27.9. The maximum atomic E-state index is 0. The molecule has 24 N–H and O–H groups in total. The Bertz CT molecular complexity index is 36.0. The van der Waals surface area contributed by atoms with Gasteiger partial charge in [-0.05, 0) is 0 Å². The predicted molar refractivity (Wildman–Crippen MR) is 43.4 cm³/mol. The first-order chi connectivity index (χ1) is 0. The molecule has 0 amide bonds. The summed E-state index contributed by atoms with van der Waals surface area (Å²) in [4.78, 5) is 0. The van der Waals surface area contributed by atoms with Crippen molar-refractivity contribution >= 4 is 0 Å². The molecule has 0 aromatic heterocycles. The number of hydrogen-bond acceptors (Lipinski definition) is 0. The van der Waals surface area contributed by atoms with Crippen molar-refractivity contribution in [3.8, 4) is 0 Å². The van der Waals surface area contributed by atoms with E-state index in [9.17, 15) is 0 Å². The van der Waals surface area contributed by atoms with Gasteiger partial charge in [-0.15, -0.1) is 0 Å².